The van der Waals surface area contributed by atoms with E-state index in [1.165, 1.54) is 64.5 Å². The van der Waals surface area contributed by atoms with Gasteiger partial charge in [0.25, 0.3) is 15.8 Å². The SMILES string of the molecule is COc1ccc(S(=O)(=O)NC(=O)c2noc(C(CCCC3CCCCC3)CC(=O)OC(C)(C)C)n2)cc1OC. The molecule has 1 aromatic carbocycles. The highest BCUT2D eigenvalue weighted by atomic mass is 32.2. The molecule has 1 aliphatic carbocycles. The summed E-state index contributed by atoms with van der Waals surface area (Å²) in [5, 5.41) is 3.70. The number of esters is 1. The molecule has 12 heteroatoms. The lowest BCUT2D eigenvalue weighted by Crippen LogP contribution is -2.31. The summed E-state index contributed by atoms with van der Waals surface area (Å²) in [6.07, 6.45) is 8.73. The standard InChI is InChI=1S/C27H39N3O8S/c1-27(2,3)37-23(31)16-19(13-9-12-18-10-7-6-8-11-18)26-28-24(29-38-26)25(32)30-39(33,34)20-14-15-21(35-4)22(17-20)36-5/h14-15,17-19H,6-13,16H2,1-5H3,(H,30,32). The van der Waals surface area contributed by atoms with Gasteiger partial charge in [0.2, 0.25) is 5.89 Å². The molecule has 1 N–H and O–H groups in total. The fourth-order valence-electron chi connectivity index (χ4n) is 4.73. The van der Waals surface area contributed by atoms with E-state index < -0.39 is 39.2 Å². The molecular weight excluding hydrogens is 526 g/mol. The molecule has 1 heterocycles. The molecule has 1 atom stereocenters. The van der Waals surface area contributed by atoms with Crippen LogP contribution in [0.4, 0.5) is 0 Å². The first-order chi connectivity index (χ1) is 18.4. The van der Waals surface area contributed by atoms with Crippen molar-refractivity contribution in [3.63, 3.8) is 0 Å². The lowest BCUT2D eigenvalue weighted by atomic mass is 9.84. The van der Waals surface area contributed by atoms with Gasteiger partial charge >= 0.3 is 11.9 Å². The first kappa shape index (κ1) is 30.4. The molecule has 216 valence electrons. The zero-order valence-electron chi connectivity index (χ0n) is 23.3. The topological polar surface area (TPSA) is 147 Å². The Labute approximate surface area is 230 Å². The van der Waals surface area contributed by atoms with Crippen molar-refractivity contribution in [3.05, 3.63) is 29.9 Å². The number of nitrogens with one attached hydrogen (secondary N) is 1. The maximum absolute atomic E-state index is 12.8. The average molecular weight is 566 g/mol. The van der Waals surface area contributed by atoms with Gasteiger partial charge < -0.3 is 18.7 Å². The summed E-state index contributed by atoms with van der Waals surface area (Å²) in [6.45, 7) is 5.37. The van der Waals surface area contributed by atoms with E-state index in [4.69, 9.17) is 18.7 Å². The molecule has 1 aromatic heterocycles. The van der Waals surface area contributed by atoms with Gasteiger partial charge in [0.1, 0.15) is 5.60 Å². The number of amides is 1. The Bertz CT molecular complexity index is 1230. The lowest BCUT2D eigenvalue weighted by Gasteiger charge is -2.23. The Balaban J connectivity index is 1.72. The summed E-state index contributed by atoms with van der Waals surface area (Å²) in [5.74, 6) is -1.08. The van der Waals surface area contributed by atoms with E-state index in [0.29, 0.717) is 18.1 Å². The van der Waals surface area contributed by atoms with Crippen LogP contribution >= 0.6 is 0 Å². The molecule has 0 bridgehead atoms. The van der Waals surface area contributed by atoms with Gasteiger partial charge in [-0.2, -0.15) is 4.98 Å². The number of carbonyl (C=O) groups excluding carboxylic acids is 2. The highest BCUT2D eigenvalue weighted by Gasteiger charge is 2.29. The Morgan fingerprint density at radius 1 is 1.10 bits per heavy atom. The van der Waals surface area contributed by atoms with E-state index in [1.807, 2.05) is 4.72 Å². The van der Waals surface area contributed by atoms with Crippen molar-refractivity contribution in [2.75, 3.05) is 14.2 Å². The summed E-state index contributed by atoms with van der Waals surface area (Å²) in [4.78, 5) is 29.3. The highest BCUT2D eigenvalue weighted by molar-refractivity contribution is 7.90. The number of carbonyl (C=O) groups is 2. The van der Waals surface area contributed by atoms with E-state index in [1.54, 1.807) is 20.8 Å². The number of ether oxygens (including phenoxy) is 3. The van der Waals surface area contributed by atoms with Crippen molar-refractivity contribution in [3.8, 4) is 11.5 Å². The number of rotatable bonds is 12. The molecule has 2 aromatic rings. The Morgan fingerprint density at radius 3 is 2.44 bits per heavy atom. The van der Waals surface area contributed by atoms with Crippen molar-refractivity contribution in [1.82, 2.24) is 14.9 Å². The van der Waals surface area contributed by atoms with Gasteiger partial charge in [0.15, 0.2) is 11.5 Å². The lowest BCUT2D eigenvalue weighted by molar-refractivity contribution is -0.155. The largest absolute Gasteiger partial charge is 0.493 e. The van der Waals surface area contributed by atoms with Gasteiger partial charge in [-0.1, -0.05) is 50.1 Å². The van der Waals surface area contributed by atoms with Crippen LogP contribution in [0.5, 0.6) is 11.5 Å². The fourth-order valence-corrected chi connectivity index (χ4v) is 5.69. The van der Waals surface area contributed by atoms with E-state index in [9.17, 15) is 18.0 Å². The van der Waals surface area contributed by atoms with E-state index in [2.05, 4.69) is 10.1 Å². The third-order valence-corrected chi connectivity index (χ3v) is 7.94. The molecule has 39 heavy (non-hydrogen) atoms. The number of methoxy groups -OCH3 is 2. The maximum atomic E-state index is 12.8. The Hall–Kier alpha value is -3.15. The Morgan fingerprint density at radius 2 is 1.79 bits per heavy atom. The summed E-state index contributed by atoms with van der Waals surface area (Å²) in [7, 11) is -1.48. The third-order valence-electron chi connectivity index (χ3n) is 6.61. The van der Waals surface area contributed by atoms with Crippen LogP contribution in [-0.4, -0.2) is 50.3 Å². The minimum atomic E-state index is -4.27. The number of hydrogen-bond donors (Lipinski definition) is 1. The number of hydrogen-bond acceptors (Lipinski definition) is 10. The van der Waals surface area contributed by atoms with Crippen LogP contribution in [0.2, 0.25) is 0 Å². The summed E-state index contributed by atoms with van der Waals surface area (Å²) in [5.41, 5.74) is -0.651. The van der Waals surface area contributed by atoms with E-state index in [-0.39, 0.29) is 23.0 Å². The molecule has 3 rings (SSSR count). The van der Waals surface area contributed by atoms with Gasteiger partial charge in [-0.15, -0.1) is 0 Å². The molecular formula is C27H39N3O8S. The van der Waals surface area contributed by atoms with Crippen molar-refractivity contribution in [2.45, 2.75) is 95.0 Å². The smallest absolute Gasteiger partial charge is 0.307 e. The van der Waals surface area contributed by atoms with Crippen LogP contribution in [0.3, 0.4) is 0 Å². The van der Waals surface area contributed by atoms with Crippen LogP contribution in [0, 0.1) is 5.92 Å². The predicted octanol–water partition coefficient (Wildman–Crippen LogP) is 4.77. The summed E-state index contributed by atoms with van der Waals surface area (Å²) >= 11 is 0. The second-order valence-electron chi connectivity index (χ2n) is 10.8. The van der Waals surface area contributed by atoms with E-state index in [0.717, 1.165) is 12.8 Å². The highest BCUT2D eigenvalue weighted by Crippen LogP contribution is 2.32. The molecule has 0 saturated heterocycles. The number of aromatic nitrogens is 2. The van der Waals surface area contributed by atoms with Crippen molar-refractivity contribution >= 4 is 21.9 Å². The minimum absolute atomic E-state index is 0.00906. The number of sulfonamides is 1. The van der Waals surface area contributed by atoms with Crippen LogP contribution in [0.25, 0.3) is 0 Å². The summed E-state index contributed by atoms with van der Waals surface area (Å²) in [6, 6.07) is 3.93. The van der Waals surface area contributed by atoms with Crippen LogP contribution in [0.15, 0.2) is 27.6 Å². The van der Waals surface area contributed by atoms with Gasteiger partial charge in [-0.05, 0) is 45.2 Å². The summed E-state index contributed by atoms with van der Waals surface area (Å²) < 4.78 is 48.7. The quantitative estimate of drug-likeness (QED) is 0.357. The van der Waals surface area contributed by atoms with E-state index >= 15 is 0 Å². The molecule has 0 spiro atoms. The molecule has 1 amide bonds. The second kappa shape index (κ2) is 13.3. The van der Waals surface area contributed by atoms with Gasteiger partial charge in [-0.25, -0.2) is 13.1 Å². The zero-order valence-corrected chi connectivity index (χ0v) is 24.1. The fraction of sp³-hybridized carbons (Fsp3) is 0.630. The van der Waals surface area contributed by atoms with Crippen molar-refractivity contribution < 1.29 is 36.7 Å². The minimum Gasteiger partial charge on any atom is -0.493 e. The van der Waals surface area contributed by atoms with Crippen LogP contribution in [0.1, 0.15) is 101 Å². The molecule has 1 aliphatic rings. The van der Waals surface area contributed by atoms with Crippen molar-refractivity contribution in [1.29, 1.82) is 0 Å². The first-order valence-electron chi connectivity index (χ1n) is 13.3. The molecule has 1 unspecified atom stereocenters. The molecule has 0 radical (unpaired) electrons. The van der Waals surface area contributed by atoms with Crippen molar-refractivity contribution in [2.24, 2.45) is 5.92 Å². The third kappa shape index (κ3) is 8.94. The van der Waals surface area contributed by atoms with Gasteiger partial charge in [-0.3, -0.25) is 9.59 Å². The zero-order chi connectivity index (χ0) is 28.6. The average Bonchev–Trinajstić information content (AvgIpc) is 3.37. The number of benzene rings is 1. The van der Waals surface area contributed by atoms with Gasteiger partial charge in [0.05, 0.1) is 25.5 Å². The van der Waals surface area contributed by atoms with Gasteiger partial charge in [0, 0.05) is 12.0 Å². The first-order valence-corrected chi connectivity index (χ1v) is 14.7. The Kier molecular flexibility index (Phi) is 10.3. The van der Waals surface area contributed by atoms with Crippen LogP contribution < -0.4 is 14.2 Å². The molecule has 1 fully saturated rings. The monoisotopic (exact) mass is 565 g/mol. The normalized spacial score (nSPS) is 15.4. The number of nitrogens with zero attached hydrogens (tertiary/aromatic N) is 2. The van der Waals surface area contributed by atoms with Crippen LogP contribution in [-0.2, 0) is 19.6 Å². The second-order valence-corrected chi connectivity index (χ2v) is 12.5. The molecule has 0 aliphatic heterocycles. The predicted molar refractivity (Wildman–Crippen MR) is 142 cm³/mol. The molecule has 1 saturated carbocycles. The maximum Gasteiger partial charge on any atom is 0.307 e. The molecule has 11 nitrogen and oxygen atoms in total.